The Hall–Kier alpha value is -3.15. The van der Waals surface area contributed by atoms with E-state index in [9.17, 15) is 9.59 Å². The Bertz CT molecular complexity index is 993. The van der Waals surface area contributed by atoms with Crippen molar-refractivity contribution in [1.82, 2.24) is 20.2 Å². The number of para-hydroxylation sites is 2. The number of nitrogens with zero attached hydrogens (tertiary/aromatic N) is 2. The minimum absolute atomic E-state index is 0.0795. The number of piperidine rings is 1. The Morgan fingerprint density at radius 3 is 2.79 bits per heavy atom. The molecule has 3 aromatic rings. The zero-order valence-corrected chi connectivity index (χ0v) is 16.6. The minimum atomic E-state index is -0.130. The van der Waals surface area contributed by atoms with Crippen LogP contribution in [0.2, 0.25) is 0 Å². The van der Waals surface area contributed by atoms with Gasteiger partial charge >= 0.3 is 0 Å². The van der Waals surface area contributed by atoms with E-state index < -0.39 is 0 Å². The molecule has 1 aliphatic heterocycles. The first-order valence-corrected chi connectivity index (χ1v) is 10.2. The van der Waals surface area contributed by atoms with Crippen LogP contribution in [0.4, 0.5) is 0 Å². The summed E-state index contributed by atoms with van der Waals surface area (Å²) in [5.41, 5.74) is 3.58. The number of likely N-dealkylation sites (tertiary alicyclic amines) is 1. The van der Waals surface area contributed by atoms with Crippen LogP contribution in [0.15, 0.2) is 48.5 Å². The van der Waals surface area contributed by atoms with Gasteiger partial charge in [0.2, 0.25) is 5.91 Å². The van der Waals surface area contributed by atoms with E-state index in [-0.39, 0.29) is 17.7 Å². The lowest BCUT2D eigenvalue weighted by Crippen LogP contribution is -2.40. The van der Waals surface area contributed by atoms with Gasteiger partial charge in [0.15, 0.2) is 0 Å². The molecule has 0 radical (unpaired) electrons. The molecule has 29 heavy (non-hydrogen) atoms. The van der Waals surface area contributed by atoms with Gasteiger partial charge in [-0.05, 0) is 43.5 Å². The molecule has 6 heteroatoms. The SMILES string of the molecule is Cc1ccccc1C(=O)NCCC(=O)N1CCC[C@@H](c2nc3ccccc3[nH]2)C1. The van der Waals surface area contributed by atoms with Gasteiger partial charge in [-0.25, -0.2) is 4.98 Å². The van der Waals surface area contributed by atoms with E-state index in [4.69, 9.17) is 4.98 Å². The predicted molar refractivity (Wildman–Crippen MR) is 113 cm³/mol. The van der Waals surface area contributed by atoms with E-state index in [1.165, 1.54) is 0 Å². The van der Waals surface area contributed by atoms with E-state index in [1.807, 2.05) is 54.3 Å². The van der Waals surface area contributed by atoms with Gasteiger partial charge in [0.1, 0.15) is 5.82 Å². The van der Waals surface area contributed by atoms with E-state index in [0.29, 0.717) is 25.1 Å². The average Bonchev–Trinajstić information content (AvgIpc) is 3.18. The molecule has 1 saturated heterocycles. The van der Waals surface area contributed by atoms with E-state index in [0.717, 1.165) is 41.8 Å². The quantitative estimate of drug-likeness (QED) is 0.701. The van der Waals surface area contributed by atoms with Crippen molar-refractivity contribution in [2.75, 3.05) is 19.6 Å². The van der Waals surface area contributed by atoms with Crippen molar-refractivity contribution in [3.8, 4) is 0 Å². The Morgan fingerprint density at radius 2 is 1.97 bits per heavy atom. The Balaban J connectivity index is 1.32. The number of rotatable bonds is 5. The molecule has 1 aliphatic rings. The molecule has 0 aliphatic carbocycles. The van der Waals surface area contributed by atoms with Gasteiger partial charge in [-0.3, -0.25) is 9.59 Å². The Morgan fingerprint density at radius 1 is 1.17 bits per heavy atom. The summed E-state index contributed by atoms with van der Waals surface area (Å²) in [6, 6.07) is 15.5. The van der Waals surface area contributed by atoms with Crippen molar-refractivity contribution in [1.29, 1.82) is 0 Å². The molecule has 4 rings (SSSR count). The lowest BCUT2D eigenvalue weighted by Gasteiger charge is -2.32. The highest BCUT2D eigenvalue weighted by atomic mass is 16.2. The second-order valence-corrected chi connectivity index (χ2v) is 7.64. The first kappa shape index (κ1) is 19.2. The zero-order valence-electron chi connectivity index (χ0n) is 16.6. The normalized spacial score (nSPS) is 16.7. The first-order chi connectivity index (χ1) is 14.1. The van der Waals surface area contributed by atoms with Gasteiger partial charge in [-0.2, -0.15) is 0 Å². The van der Waals surface area contributed by atoms with Crippen LogP contribution in [-0.2, 0) is 4.79 Å². The van der Waals surface area contributed by atoms with Crippen LogP contribution in [0.5, 0.6) is 0 Å². The number of carbonyl (C=O) groups is 2. The molecule has 0 unspecified atom stereocenters. The molecule has 2 aromatic carbocycles. The topological polar surface area (TPSA) is 78.1 Å². The van der Waals surface area contributed by atoms with Gasteiger partial charge in [0.25, 0.3) is 5.91 Å². The summed E-state index contributed by atoms with van der Waals surface area (Å²) in [6.45, 7) is 3.69. The molecule has 6 nitrogen and oxygen atoms in total. The molecule has 2 heterocycles. The molecule has 2 N–H and O–H groups in total. The van der Waals surface area contributed by atoms with Gasteiger partial charge in [-0.1, -0.05) is 30.3 Å². The first-order valence-electron chi connectivity index (χ1n) is 10.2. The van der Waals surface area contributed by atoms with Gasteiger partial charge in [0, 0.05) is 37.5 Å². The summed E-state index contributed by atoms with van der Waals surface area (Å²) >= 11 is 0. The summed E-state index contributed by atoms with van der Waals surface area (Å²) < 4.78 is 0. The Labute approximate surface area is 170 Å². The highest BCUT2D eigenvalue weighted by Crippen LogP contribution is 2.27. The molecular formula is C23H26N4O2. The highest BCUT2D eigenvalue weighted by Gasteiger charge is 2.26. The highest BCUT2D eigenvalue weighted by molar-refractivity contribution is 5.95. The largest absolute Gasteiger partial charge is 0.352 e. The maximum absolute atomic E-state index is 12.7. The van der Waals surface area contributed by atoms with E-state index >= 15 is 0 Å². The summed E-state index contributed by atoms with van der Waals surface area (Å²) in [4.78, 5) is 35.0. The second kappa shape index (κ2) is 8.47. The van der Waals surface area contributed by atoms with Crippen LogP contribution in [0.1, 0.15) is 46.9 Å². The number of hydrogen-bond acceptors (Lipinski definition) is 3. The molecule has 0 saturated carbocycles. The third-order valence-corrected chi connectivity index (χ3v) is 5.58. The van der Waals surface area contributed by atoms with Crippen molar-refractivity contribution in [2.45, 2.75) is 32.1 Å². The van der Waals surface area contributed by atoms with Gasteiger partial charge in [0.05, 0.1) is 11.0 Å². The summed E-state index contributed by atoms with van der Waals surface area (Å²) in [5, 5.41) is 2.87. The monoisotopic (exact) mass is 390 g/mol. The van der Waals surface area contributed by atoms with Crippen LogP contribution < -0.4 is 5.32 Å². The number of aromatic amines is 1. The number of amides is 2. The minimum Gasteiger partial charge on any atom is -0.352 e. The van der Waals surface area contributed by atoms with Crippen LogP contribution in [0.25, 0.3) is 11.0 Å². The molecule has 150 valence electrons. The smallest absolute Gasteiger partial charge is 0.251 e. The number of aryl methyl sites for hydroxylation is 1. The maximum Gasteiger partial charge on any atom is 0.251 e. The van der Waals surface area contributed by atoms with Crippen molar-refractivity contribution >= 4 is 22.8 Å². The number of nitrogens with one attached hydrogen (secondary N) is 2. The standard InChI is InChI=1S/C23H26N4O2/c1-16-7-2-3-9-18(16)23(29)24-13-12-21(28)27-14-6-8-17(15-27)22-25-19-10-4-5-11-20(19)26-22/h2-5,7,9-11,17H,6,8,12-15H2,1H3,(H,24,29)(H,25,26)/t17-/m1/s1. The van der Waals surface area contributed by atoms with E-state index in [2.05, 4.69) is 10.3 Å². The number of carbonyl (C=O) groups excluding carboxylic acids is 2. The molecule has 2 amide bonds. The van der Waals surface area contributed by atoms with Crippen LogP contribution >= 0.6 is 0 Å². The number of imidazole rings is 1. The van der Waals surface area contributed by atoms with Crippen molar-refractivity contribution in [3.63, 3.8) is 0 Å². The molecule has 1 aromatic heterocycles. The number of benzene rings is 2. The lowest BCUT2D eigenvalue weighted by molar-refractivity contribution is -0.132. The summed E-state index contributed by atoms with van der Waals surface area (Å²) in [5.74, 6) is 1.13. The molecule has 0 bridgehead atoms. The zero-order chi connectivity index (χ0) is 20.2. The fourth-order valence-corrected chi connectivity index (χ4v) is 3.96. The third-order valence-electron chi connectivity index (χ3n) is 5.58. The van der Waals surface area contributed by atoms with E-state index in [1.54, 1.807) is 6.07 Å². The third kappa shape index (κ3) is 4.31. The molecule has 0 spiro atoms. The fraction of sp³-hybridized carbons (Fsp3) is 0.348. The average molecular weight is 390 g/mol. The van der Waals surface area contributed by atoms with Crippen LogP contribution in [0.3, 0.4) is 0 Å². The molecule has 1 fully saturated rings. The molecular weight excluding hydrogens is 364 g/mol. The van der Waals surface area contributed by atoms with Crippen LogP contribution in [-0.4, -0.2) is 46.3 Å². The van der Waals surface area contributed by atoms with Crippen LogP contribution in [0, 0.1) is 6.92 Å². The number of hydrogen-bond donors (Lipinski definition) is 2. The van der Waals surface area contributed by atoms with Gasteiger partial charge < -0.3 is 15.2 Å². The Kier molecular flexibility index (Phi) is 5.60. The predicted octanol–water partition coefficient (Wildman–Crippen LogP) is 3.40. The van der Waals surface area contributed by atoms with Crippen molar-refractivity contribution < 1.29 is 9.59 Å². The summed E-state index contributed by atoms with van der Waals surface area (Å²) in [7, 11) is 0. The maximum atomic E-state index is 12.7. The van der Waals surface area contributed by atoms with Crippen molar-refractivity contribution in [3.05, 3.63) is 65.5 Å². The number of aromatic nitrogens is 2. The fourth-order valence-electron chi connectivity index (χ4n) is 3.96. The number of H-pyrrole nitrogens is 1. The second-order valence-electron chi connectivity index (χ2n) is 7.64. The van der Waals surface area contributed by atoms with Crippen molar-refractivity contribution in [2.24, 2.45) is 0 Å². The summed E-state index contributed by atoms with van der Waals surface area (Å²) in [6.07, 6.45) is 2.29. The number of fused-ring (bicyclic) bond motifs is 1. The lowest BCUT2D eigenvalue weighted by atomic mass is 9.97. The molecule has 1 atom stereocenters. The van der Waals surface area contributed by atoms with Gasteiger partial charge in [-0.15, -0.1) is 0 Å².